The zero-order chi connectivity index (χ0) is 15.4. The highest BCUT2D eigenvalue weighted by atomic mass is 32.2. The van der Waals surface area contributed by atoms with E-state index >= 15 is 0 Å². The van der Waals surface area contributed by atoms with E-state index in [4.69, 9.17) is 9.15 Å². The molecule has 0 aliphatic carbocycles. The summed E-state index contributed by atoms with van der Waals surface area (Å²) >= 11 is 1.86. The van der Waals surface area contributed by atoms with Crippen LogP contribution in [0.25, 0.3) is 0 Å². The summed E-state index contributed by atoms with van der Waals surface area (Å²) in [6, 6.07) is 11.2. The lowest BCUT2D eigenvalue weighted by Gasteiger charge is -2.20. The summed E-state index contributed by atoms with van der Waals surface area (Å²) in [5.74, 6) is 2.78. The highest BCUT2D eigenvalue weighted by Crippen LogP contribution is 2.34. The van der Waals surface area contributed by atoms with Gasteiger partial charge in [-0.25, -0.2) is 0 Å². The minimum absolute atomic E-state index is 0.0864. The second-order valence-corrected chi connectivity index (χ2v) is 6.49. The number of amides is 1. The summed E-state index contributed by atoms with van der Waals surface area (Å²) < 4.78 is 10.6. The Balaban J connectivity index is 1.66. The molecule has 0 saturated carbocycles. The molecular weight excluding hydrogens is 298 g/mol. The van der Waals surface area contributed by atoms with Crippen LogP contribution in [0.3, 0.4) is 0 Å². The average Bonchev–Trinajstić information content (AvgIpc) is 2.99. The van der Waals surface area contributed by atoms with Crippen molar-refractivity contribution in [1.29, 1.82) is 0 Å². The van der Waals surface area contributed by atoms with E-state index in [1.807, 2.05) is 53.1 Å². The Hall–Kier alpha value is -1.88. The molecule has 1 aromatic carbocycles. The Labute approximate surface area is 134 Å². The smallest absolute Gasteiger partial charge is 0.253 e. The molecule has 0 bridgehead atoms. The Kier molecular flexibility index (Phi) is 4.73. The van der Waals surface area contributed by atoms with Crippen LogP contribution in [0.2, 0.25) is 0 Å². The van der Waals surface area contributed by atoms with Crippen molar-refractivity contribution >= 4 is 17.7 Å². The Bertz CT molecular complexity index is 609. The van der Waals surface area contributed by atoms with Crippen molar-refractivity contribution in [1.82, 2.24) is 4.90 Å². The minimum Gasteiger partial charge on any atom is -0.497 e. The van der Waals surface area contributed by atoms with E-state index in [1.54, 1.807) is 13.4 Å². The summed E-state index contributed by atoms with van der Waals surface area (Å²) in [4.78, 5) is 14.5. The van der Waals surface area contributed by atoms with Crippen molar-refractivity contribution in [2.45, 2.75) is 11.7 Å². The normalized spacial score (nSPS) is 18.8. The third-order valence-electron chi connectivity index (χ3n) is 3.83. The van der Waals surface area contributed by atoms with Crippen molar-refractivity contribution in [3.05, 3.63) is 54.0 Å². The monoisotopic (exact) mass is 317 g/mol. The number of rotatable bonds is 3. The number of carbonyl (C=O) groups is 1. The molecule has 1 aliphatic heterocycles. The number of hydrogen-bond donors (Lipinski definition) is 0. The lowest BCUT2D eigenvalue weighted by atomic mass is 10.1. The first-order chi connectivity index (χ1) is 10.8. The van der Waals surface area contributed by atoms with Gasteiger partial charge in [0, 0.05) is 24.4 Å². The molecule has 1 amide bonds. The minimum atomic E-state index is 0.0864. The van der Waals surface area contributed by atoms with E-state index in [9.17, 15) is 4.79 Å². The van der Waals surface area contributed by atoms with Crippen LogP contribution in [0, 0.1) is 0 Å². The lowest BCUT2D eigenvalue weighted by molar-refractivity contribution is 0.0766. The van der Waals surface area contributed by atoms with Gasteiger partial charge in [-0.05, 0) is 42.8 Å². The number of hydrogen-bond acceptors (Lipinski definition) is 4. The maximum absolute atomic E-state index is 12.6. The fourth-order valence-corrected chi connectivity index (χ4v) is 3.77. The molecule has 1 fully saturated rings. The molecule has 0 spiro atoms. The SMILES string of the molecule is COc1ccc(C(=O)N2CCSC(c3ccco3)CC2)cc1. The number of benzene rings is 1. The molecule has 0 N–H and O–H groups in total. The van der Waals surface area contributed by atoms with Gasteiger partial charge in [0.2, 0.25) is 0 Å². The molecule has 1 unspecified atom stereocenters. The van der Waals surface area contributed by atoms with Gasteiger partial charge in [-0.15, -0.1) is 11.8 Å². The molecule has 1 aliphatic rings. The number of ether oxygens (including phenoxy) is 1. The summed E-state index contributed by atoms with van der Waals surface area (Å²) in [7, 11) is 1.62. The molecule has 1 aromatic heterocycles. The number of nitrogens with zero attached hydrogens (tertiary/aromatic N) is 1. The molecule has 2 heterocycles. The van der Waals surface area contributed by atoms with Crippen LogP contribution in [0.1, 0.15) is 27.8 Å². The van der Waals surface area contributed by atoms with E-state index in [-0.39, 0.29) is 5.91 Å². The first kappa shape index (κ1) is 15.0. The Morgan fingerprint density at radius 3 is 2.77 bits per heavy atom. The summed E-state index contributed by atoms with van der Waals surface area (Å²) in [6.45, 7) is 1.52. The second kappa shape index (κ2) is 6.92. The van der Waals surface area contributed by atoms with Gasteiger partial charge in [-0.1, -0.05) is 0 Å². The van der Waals surface area contributed by atoms with E-state index < -0.39 is 0 Å². The zero-order valence-electron chi connectivity index (χ0n) is 12.5. The summed E-state index contributed by atoms with van der Waals surface area (Å²) in [5, 5.41) is 0.337. The Morgan fingerprint density at radius 2 is 2.09 bits per heavy atom. The molecule has 0 radical (unpaired) electrons. The lowest BCUT2D eigenvalue weighted by Crippen LogP contribution is -2.32. The van der Waals surface area contributed by atoms with E-state index in [1.165, 1.54) is 0 Å². The van der Waals surface area contributed by atoms with Gasteiger partial charge in [0.05, 0.1) is 18.6 Å². The summed E-state index contributed by atoms with van der Waals surface area (Å²) in [6.07, 6.45) is 2.63. The predicted molar refractivity (Wildman–Crippen MR) is 87.4 cm³/mol. The second-order valence-electron chi connectivity index (χ2n) is 5.18. The van der Waals surface area contributed by atoms with E-state index in [0.717, 1.165) is 36.8 Å². The highest BCUT2D eigenvalue weighted by molar-refractivity contribution is 7.99. The van der Waals surface area contributed by atoms with Crippen LogP contribution in [0.15, 0.2) is 47.1 Å². The Morgan fingerprint density at radius 1 is 1.27 bits per heavy atom. The maximum Gasteiger partial charge on any atom is 0.253 e. The largest absolute Gasteiger partial charge is 0.497 e. The van der Waals surface area contributed by atoms with Crippen LogP contribution >= 0.6 is 11.8 Å². The van der Waals surface area contributed by atoms with Crippen molar-refractivity contribution in [3.8, 4) is 5.75 Å². The fraction of sp³-hybridized carbons (Fsp3) is 0.353. The topological polar surface area (TPSA) is 42.7 Å². The van der Waals surface area contributed by atoms with Crippen molar-refractivity contribution in [2.75, 3.05) is 26.0 Å². The number of furan rings is 1. The van der Waals surface area contributed by atoms with E-state index in [0.29, 0.717) is 10.8 Å². The quantitative estimate of drug-likeness (QED) is 0.867. The van der Waals surface area contributed by atoms with Gasteiger partial charge in [0.25, 0.3) is 5.91 Å². The fourth-order valence-electron chi connectivity index (χ4n) is 2.59. The first-order valence-electron chi connectivity index (χ1n) is 7.36. The van der Waals surface area contributed by atoms with Gasteiger partial charge in [0.15, 0.2) is 0 Å². The standard InChI is InChI=1S/C17H19NO3S/c1-20-14-6-4-13(5-7-14)17(19)18-9-8-16(22-12-10-18)15-3-2-11-21-15/h2-7,11,16H,8-10,12H2,1H3. The van der Waals surface area contributed by atoms with Crippen LogP contribution < -0.4 is 4.74 Å². The van der Waals surface area contributed by atoms with Crippen molar-refractivity contribution in [2.24, 2.45) is 0 Å². The maximum atomic E-state index is 12.6. The molecule has 3 rings (SSSR count). The predicted octanol–water partition coefficient (Wildman–Crippen LogP) is 3.61. The van der Waals surface area contributed by atoms with E-state index in [2.05, 4.69) is 0 Å². The van der Waals surface area contributed by atoms with Gasteiger partial charge < -0.3 is 14.1 Å². The van der Waals surface area contributed by atoms with Crippen molar-refractivity contribution in [3.63, 3.8) is 0 Å². The van der Waals surface area contributed by atoms with Gasteiger partial charge in [-0.3, -0.25) is 4.79 Å². The number of methoxy groups -OCH3 is 1. The molecule has 1 atom stereocenters. The molecule has 22 heavy (non-hydrogen) atoms. The van der Waals surface area contributed by atoms with Crippen molar-refractivity contribution < 1.29 is 13.9 Å². The summed E-state index contributed by atoms with van der Waals surface area (Å²) in [5.41, 5.74) is 0.710. The zero-order valence-corrected chi connectivity index (χ0v) is 13.3. The van der Waals surface area contributed by atoms with Crippen LogP contribution in [0.5, 0.6) is 5.75 Å². The van der Waals surface area contributed by atoms with Gasteiger partial charge in [-0.2, -0.15) is 0 Å². The van der Waals surface area contributed by atoms with Gasteiger partial charge >= 0.3 is 0 Å². The highest BCUT2D eigenvalue weighted by Gasteiger charge is 2.24. The molecule has 2 aromatic rings. The molecule has 1 saturated heterocycles. The number of thioether (sulfide) groups is 1. The van der Waals surface area contributed by atoms with Crippen LogP contribution in [-0.2, 0) is 0 Å². The first-order valence-corrected chi connectivity index (χ1v) is 8.41. The van der Waals surface area contributed by atoms with Crippen LogP contribution in [-0.4, -0.2) is 36.8 Å². The third kappa shape index (κ3) is 3.30. The molecule has 116 valence electrons. The molecular formula is C17H19NO3S. The third-order valence-corrected chi connectivity index (χ3v) is 5.11. The molecule has 4 nitrogen and oxygen atoms in total. The molecule has 5 heteroatoms. The number of carbonyl (C=O) groups excluding carboxylic acids is 1. The van der Waals surface area contributed by atoms with Gasteiger partial charge in [0.1, 0.15) is 11.5 Å². The average molecular weight is 317 g/mol. The van der Waals surface area contributed by atoms with Crippen LogP contribution in [0.4, 0.5) is 0 Å².